The second kappa shape index (κ2) is 10.8. The molecule has 8 heteroatoms. The van der Waals surface area contributed by atoms with Crippen molar-refractivity contribution in [3.05, 3.63) is 89.2 Å². The van der Waals surface area contributed by atoms with E-state index in [0.717, 1.165) is 17.2 Å². The molecule has 1 aromatic rings. The van der Waals surface area contributed by atoms with Crippen molar-refractivity contribution < 1.29 is 22.4 Å². The van der Waals surface area contributed by atoms with Crippen LogP contribution in [0.3, 0.4) is 0 Å². The molecule has 1 amide bonds. The van der Waals surface area contributed by atoms with Gasteiger partial charge in [-0.05, 0) is 56.6 Å². The maximum atomic E-state index is 13.9. The van der Waals surface area contributed by atoms with Gasteiger partial charge in [0.05, 0.1) is 23.8 Å². The molecule has 1 aromatic heterocycles. The average molecular weight is 460 g/mol. The van der Waals surface area contributed by atoms with Crippen LogP contribution in [0.2, 0.25) is 0 Å². The Hall–Kier alpha value is -3.55. The van der Waals surface area contributed by atoms with E-state index in [1.807, 2.05) is 6.08 Å². The first-order chi connectivity index (χ1) is 15.5. The van der Waals surface area contributed by atoms with Gasteiger partial charge in [-0.25, -0.2) is 4.99 Å². The van der Waals surface area contributed by atoms with E-state index in [9.17, 15) is 18.0 Å². The Morgan fingerprint density at radius 1 is 1.24 bits per heavy atom. The monoisotopic (exact) mass is 459 g/mol. The van der Waals surface area contributed by atoms with Crippen LogP contribution in [0.25, 0.3) is 5.57 Å². The highest BCUT2D eigenvalue weighted by atomic mass is 19.4. The quantitative estimate of drug-likeness (QED) is 0.322. The molecule has 2 rings (SSSR count). The standard InChI is InChI=1S/C25H28F3N3O2/c1-6-18(7-2)19(8-3)13-22(25(26,27)28)17(5)30-23(16(4)29)24(32)31-11-9-20(14-31)21-10-12-33-15-21/h6-10,12-13,15H,1,11,14,29H2,2-5H3/b18-7+,19-8?,22-13+,23-16+,30-17-. The zero-order chi connectivity index (χ0) is 24.8. The molecule has 5 nitrogen and oxygen atoms in total. The van der Waals surface area contributed by atoms with Crippen molar-refractivity contribution in [2.24, 2.45) is 10.7 Å². The fraction of sp³-hybridized carbons (Fsp3) is 0.280. The average Bonchev–Trinajstić information content (AvgIpc) is 3.45. The summed E-state index contributed by atoms with van der Waals surface area (Å²) in [6.45, 7) is 10.2. The fourth-order valence-electron chi connectivity index (χ4n) is 3.33. The van der Waals surface area contributed by atoms with Gasteiger partial charge in [0.2, 0.25) is 0 Å². The summed E-state index contributed by atoms with van der Waals surface area (Å²) in [5.41, 5.74) is 6.94. The summed E-state index contributed by atoms with van der Waals surface area (Å²) in [6, 6.07) is 1.77. The van der Waals surface area contributed by atoms with Crippen LogP contribution in [-0.4, -0.2) is 35.8 Å². The Bertz CT molecular complexity index is 1080. The third kappa shape index (κ3) is 6.25. The Kier molecular flexibility index (Phi) is 8.45. The summed E-state index contributed by atoms with van der Waals surface area (Å²) in [5, 5.41) is 0. The third-order valence-corrected chi connectivity index (χ3v) is 5.12. The second-order valence-electron chi connectivity index (χ2n) is 7.40. The lowest BCUT2D eigenvalue weighted by atomic mass is 10.00. The molecule has 0 spiro atoms. The molecular formula is C25H28F3N3O2. The molecule has 33 heavy (non-hydrogen) atoms. The number of alkyl halides is 3. The third-order valence-electron chi connectivity index (χ3n) is 5.12. The van der Waals surface area contributed by atoms with Crippen LogP contribution in [0.4, 0.5) is 13.2 Å². The van der Waals surface area contributed by atoms with Gasteiger partial charge in [-0.1, -0.05) is 30.9 Å². The number of nitrogens with zero attached hydrogens (tertiary/aromatic N) is 2. The molecule has 176 valence electrons. The van der Waals surface area contributed by atoms with Gasteiger partial charge in [-0.3, -0.25) is 4.79 Å². The van der Waals surface area contributed by atoms with E-state index in [4.69, 9.17) is 10.2 Å². The molecular weight excluding hydrogens is 431 g/mol. The Morgan fingerprint density at radius 3 is 2.39 bits per heavy atom. The van der Waals surface area contributed by atoms with Crippen molar-refractivity contribution in [1.29, 1.82) is 0 Å². The highest BCUT2D eigenvalue weighted by molar-refractivity contribution is 6.05. The van der Waals surface area contributed by atoms with E-state index < -0.39 is 17.7 Å². The summed E-state index contributed by atoms with van der Waals surface area (Å²) in [7, 11) is 0. The van der Waals surface area contributed by atoms with Gasteiger partial charge in [0, 0.05) is 24.4 Å². The summed E-state index contributed by atoms with van der Waals surface area (Å²) in [5.74, 6) is -0.544. The second-order valence-corrected chi connectivity index (χ2v) is 7.40. The highest BCUT2D eigenvalue weighted by Gasteiger charge is 2.36. The number of carbonyl (C=O) groups is 1. The van der Waals surface area contributed by atoms with Gasteiger partial charge < -0.3 is 15.1 Å². The summed E-state index contributed by atoms with van der Waals surface area (Å²) in [4.78, 5) is 18.6. The Morgan fingerprint density at radius 2 is 1.91 bits per heavy atom. The first-order valence-corrected chi connectivity index (χ1v) is 10.3. The number of rotatable bonds is 7. The van der Waals surface area contributed by atoms with E-state index >= 15 is 0 Å². The van der Waals surface area contributed by atoms with Gasteiger partial charge in [0.1, 0.15) is 5.70 Å². The van der Waals surface area contributed by atoms with Crippen LogP contribution < -0.4 is 5.73 Å². The first kappa shape index (κ1) is 25.7. The van der Waals surface area contributed by atoms with E-state index in [1.54, 1.807) is 38.3 Å². The number of aliphatic imine (C=N–C) groups is 1. The zero-order valence-corrected chi connectivity index (χ0v) is 19.2. The van der Waals surface area contributed by atoms with Gasteiger partial charge in [0.15, 0.2) is 0 Å². The molecule has 0 aromatic carbocycles. The van der Waals surface area contributed by atoms with Crippen LogP contribution in [0.1, 0.15) is 33.3 Å². The van der Waals surface area contributed by atoms with E-state index in [0.29, 0.717) is 17.7 Å². The molecule has 2 N–H and O–H groups in total. The summed E-state index contributed by atoms with van der Waals surface area (Å²) < 4.78 is 46.8. The van der Waals surface area contributed by atoms with Crippen molar-refractivity contribution in [2.75, 3.05) is 13.1 Å². The van der Waals surface area contributed by atoms with Crippen LogP contribution in [0.5, 0.6) is 0 Å². The lowest BCUT2D eigenvalue weighted by molar-refractivity contribution is -0.125. The lowest BCUT2D eigenvalue weighted by Crippen LogP contribution is -2.31. The molecule has 0 atom stereocenters. The molecule has 0 aliphatic carbocycles. The number of hydrogen-bond acceptors (Lipinski definition) is 4. The molecule has 0 bridgehead atoms. The van der Waals surface area contributed by atoms with Gasteiger partial charge in [0.25, 0.3) is 5.91 Å². The minimum absolute atomic E-state index is 0.0316. The molecule has 0 radical (unpaired) electrons. The number of furan rings is 1. The number of amides is 1. The molecule has 0 fully saturated rings. The largest absolute Gasteiger partial charge is 0.472 e. The number of nitrogens with two attached hydrogens (primary N) is 1. The lowest BCUT2D eigenvalue weighted by Gasteiger charge is -2.19. The number of halogens is 3. The number of allylic oxidation sites excluding steroid dienone is 8. The fourth-order valence-corrected chi connectivity index (χ4v) is 3.33. The predicted molar refractivity (Wildman–Crippen MR) is 125 cm³/mol. The predicted octanol–water partition coefficient (Wildman–Crippen LogP) is 5.72. The van der Waals surface area contributed by atoms with E-state index in [-0.39, 0.29) is 23.7 Å². The van der Waals surface area contributed by atoms with Gasteiger partial charge in [-0.2, -0.15) is 13.2 Å². The van der Waals surface area contributed by atoms with E-state index in [1.165, 1.54) is 31.1 Å². The first-order valence-electron chi connectivity index (χ1n) is 10.3. The van der Waals surface area contributed by atoms with Gasteiger partial charge in [-0.15, -0.1) is 0 Å². The topological polar surface area (TPSA) is 71.8 Å². The van der Waals surface area contributed by atoms with Crippen molar-refractivity contribution in [2.45, 2.75) is 33.9 Å². The summed E-state index contributed by atoms with van der Waals surface area (Å²) in [6.07, 6.45) is 5.95. The molecule has 1 aliphatic rings. The summed E-state index contributed by atoms with van der Waals surface area (Å²) >= 11 is 0. The van der Waals surface area contributed by atoms with Crippen molar-refractivity contribution >= 4 is 17.2 Å². The minimum atomic E-state index is -4.69. The minimum Gasteiger partial charge on any atom is -0.472 e. The maximum absolute atomic E-state index is 13.9. The smallest absolute Gasteiger partial charge is 0.418 e. The van der Waals surface area contributed by atoms with Gasteiger partial charge >= 0.3 is 6.18 Å². The molecule has 0 saturated heterocycles. The Labute approximate surface area is 191 Å². The number of carbonyl (C=O) groups excluding carboxylic acids is 1. The molecule has 0 saturated carbocycles. The van der Waals surface area contributed by atoms with E-state index in [2.05, 4.69) is 11.6 Å². The highest BCUT2D eigenvalue weighted by Crippen LogP contribution is 2.31. The molecule has 1 aliphatic heterocycles. The van der Waals surface area contributed by atoms with Crippen LogP contribution >= 0.6 is 0 Å². The number of hydrogen-bond donors (Lipinski definition) is 1. The SMILES string of the molecule is C=C/C(=C\C)C(=CC)\C=C(/C(C)=N\C(C(=O)N1CC=C(c2ccoc2)C1)=C(/C)N)C(F)(F)F. The molecule has 2 heterocycles. The van der Waals surface area contributed by atoms with Crippen molar-refractivity contribution in [3.8, 4) is 0 Å². The molecule has 0 unspecified atom stereocenters. The van der Waals surface area contributed by atoms with Crippen LogP contribution in [0, 0.1) is 0 Å². The maximum Gasteiger partial charge on any atom is 0.418 e. The Balaban J connectivity index is 2.40. The normalized spacial score (nSPS) is 17.2. The zero-order valence-electron chi connectivity index (χ0n) is 19.2. The van der Waals surface area contributed by atoms with Crippen LogP contribution in [-0.2, 0) is 4.79 Å². The van der Waals surface area contributed by atoms with Crippen molar-refractivity contribution in [3.63, 3.8) is 0 Å². The van der Waals surface area contributed by atoms with Crippen LogP contribution in [0.15, 0.2) is 93.1 Å². The van der Waals surface area contributed by atoms with Crippen molar-refractivity contribution in [1.82, 2.24) is 4.90 Å².